The van der Waals surface area contributed by atoms with Crippen LogP contribution in [0.3, 0.4) is 0 Å². The van der Waals surface area contributed by atoms with Gasteiger partial charge in [0.25, 0.3) is 0 Å². The Morgan fingerprint density at radius 1 is 1.40 bits per heavy atom. The third-order valence-corrected chi connectivity index (χ3v) is 2.81. The Balaban J connectivity index is 2.45. The molecule has 0 fully saturated rings. The number of carbonyl (C=O) groups excluding carboxylic acids is 1. The average Bonchev–Trinajstić information content (AvgIpc) is 2.34. The van der Waals surface area contributed by atoms with E-state index in [0.29, 0.717) is 13.0 Å². The molecule has 2 N–H and O–H groups in total. The molecule has 110 valence electrons. The van der Waals surface area contributed by atoms with Crippen molar-refractivity contribution in [1.29, 1.82) is 0 Å². The number of nitrogens with one attached hydrogen (secondary N) is 1. The quantitative estimate of drug-likeness (QED) is 0.827. The fourth-order valence-electron chi connectivity index (χ4n) is 1.74. The highest BCUT2D eigenvalue weighted by Gasteiger charge is 2.25. The first-order valence-electron chi connectivity index (χ1n) is 6.45. The summed E-state index contributed by atoms with van der Waals surface area (Å²) in [4.78, 5) is 28.4. The van der Waals surface area contributed by atoms with Crippen LogP contribution in [0.5, 0.6) is 0 Å². The van der Waals surface area contributed by atoms with Gasteiger partial charge in [0.15, 0.2) is 0 Å². The minimum Gasteiger partial charge on any atom is -0.481 e. The molecular formula is C14H21N3O3. The van der Waals surface area contributed by atoms with Crippen LogP contribution in [-0.2, 0) is 11.2 Å². The van der Waals surface area contributed by atoms with Gasteiger partial charge in [0.1, 0.15) is 0 Å². The molecular weight excluding hydrogens is 258 g/mol. The zero-order valence-corrected chi connectivity index (χ0v) is 12.1. The third kappa shape index (κ3) is 5.69. The summed E-state index contributed by atoms with van der Waals surface area (Å²) in [6.45, 7) is 3.89. The highest BCUT2D eigenvalue weighted by molar-refractivity contribution is 5.76. The molecule has 0 aliphatic carbocycles. The molecule has 6 heteroatoms. The lowest BCUT2D eigenvalue weighted by Gasteiger charge is -2.28. The van der Waals surface area contributed by atoms with E-state index in [4.69, 9.17) is 5.11 Å². The second kappa shape index (κ2) is 6.88. The molecule has 20 heavy (non-hydrogen) atoms. The minimum absolute atomic E-state index is 0.118. The average molecular weight is 279 g/mol. The molecule has 2 amide bonds. The number of likely N-dealkylation sites (N-methyl/N-ethyl adjacent to an activating group) is 1. The largest absolute Gasteiger partial charge is 0.481 e. The molecule has 0 spiro atoms. The van der Waals surface area contributed by atoms with Crippen LogP contribution in [-0.4, -0.2) is 46.1 Å². The second-order valence-corrected chi connectivity index (χ2v) is 5.38. The fourth-order valence-corrected chi connectivity index (χ4v) is 1.74. The van der Waals surface area contributed by atoms with Gasteiger partial charge in [-0.25, -0.2) is 4.79 Å². The van der Waals surface area contributed by atoms with E-state index < -0.39 is 11.5 Å². The summed E-state index contributed by atoms with van der Waals surface area (Å²) >= 11 is 0. The first-order chi connectivity index (χ1) is 9.30. The van der Waals surface area contributed by atoms with E-state index in [1.807, 2.05) is 18.2 Å². The molecule has 0 saturated carbocycles. The van der Waals surface area contributed by atoms with Crippen molar-refractivity contribution in [2.45, 2.75) is 32.2 Å². The van der Waals surface area contributed by atoms with Crippen molar-refractivity contribution in [3.05, 3.63) is 30.1 Å². The number of amides is 2. The standard InChI is InChI=1S/C14H21N3O3/c1-14(2,10-12(18)19)16-13(20)17(3)9-7-11-6-4-5-8-15-11/h4-6,8H,7,9-10H2,1-3H3,(H,16,20)(H,18,19). The van der Waals surface area contributed by atoms with Gasteiger partial charge in [0.05, 0.1) is 6.42 Å². The fraction of sp³-hybridized carbons (Fsp3) is 0.500. The predicted molar refractivity (Wildman–Crippen MR) is 75.4 cm³/mol. The van der Waals surface area contributed by atoms with Gasteiger partial charge in [-0.1, -0.05) is 6.07 Å². The zero-order chi connectivity index (χ0) is 15.2. The monoisotopic (exact) mass is 279 g/mol. The van der Waals surface area contributed by atoms with Crippen LogP contribution in [0.1, 0.15) is 26.0 Å². The second-order valence-electron chi connectivity index (χ2n) is 5.38. The Labute approximate surface area is 118 Å². The van der Waals surface area contributed by atoms with E-state index in [9.17, 15) is 9.59 Å². The number of rotatable bonds is 6. The number of carboxylic acids is 1. The van der Waals surface area contributed by atoms with Gasteiger partial charge in [0.2, 0.25) is 0 Å². The van der Waals surface area contributed by atoms with Gasteiger partial charge < -0.3 is 15.3 Å². The molecule has 1 heterocycles. The lowest BCUT2D eigenvalue weighted by molar-refractivity contribution is -0.138. The Morgan fingerprint density at radius 2 is 2.10 bits per heavy atom. The number of pyridine rings is 1. The number of carboxylic acid groups (broad SMARTS) is 1. The summed E-state index contributed by atoms with van der Waals surface area (Å²) < 4.78 is 0. The number of carbonyl (C=O) groups is 2. The van der Waals surface area contributed by atoms with Gasteiger partial charge in [-0.05, 0) is 26.0 Å². The highest BCUT2D eigenvalue weighted by Crippen LogP contribution is 2.09. The van der Waals surface area contributed by atoms with Crippen molar-refractivity contribution >= 4 is 12.0 Å². The van der Waals surface area contributed by atoms with Gasteiger partial charge in [-0.3, -0.25) is 9.78 Å². The summed E-state index contributed by atoms with van der Waals surface area (Å²) in [7, 11) is 1.68. The summed E-state index contributed by atoms with van der Waals surface area (Å²) in [5.41, 5.74) is 0.138. The van der Waals surface area contributed by atoms with Crippen molar-refractivity contribution in [1.82, 2.24) is 15.2 Å². The van der Waals surface area contributed by atoms with Gasteiger partial charge >= 0.3 is 12.0 Å². The number of hydrogen-bond acceptors (Lipinski definition) is 3. The Hall–Kier alpha value is -2.11. The molecule has 1 rings (SSSR count). The van der Waals surface area contributed by atoms with Crippen LogP contribution in [0, 0.1) is 0 Å². The lowest BCUT2D eigenvalue weighted by Crippen LogP contribution is -2.50. The summed E-state index contributed by atoms with van der Waals surface area (Å²) in [6, 6.07) is 5.36. The molecule has 0 aliphatic heterocycles. The Morgan fingerprint density at radius 3 is 2.65 bits per heavy atom. The van der Waals surface area contributed by atoms with E-state index >= 15 is 0 Å². The summed E-state index contributed by atoms with van der Waals surface area (Å²) in [5.74, 6) is -0.938. The zero-order valence-electron chi connectivity index (χ0n) is 12.1. The van der Waals surface area contributed by atoms with E-state index in [1.54, 1.807) is 27.1 Å². The minimum atomic E-state index is -0.938. The number of aliphatic carboxylic acids is 1. The summed E-state index contributed by atoms with van der Waals surface area (Å²) in [5, 5.41) is 11.5. The molecule has 6 nitrogen and oxygen atoms in total. The van der Waals surface area contributed by atoms with Crippen LogP contribution in [0.4, 0.5) is 4.79 Å². The van der Waals surface area contributed by atoms with Gasteiger partial charge in [0, 0.05) is 37.4 Å². The molecule has 0 aliphatic rings. The van der Waals surface area contributed by atoms with E-state index in [1.165, 1.54) is 4.90 Å². The number of aromatic nitrogens is 1. The molecule has 0 saturated heterocycles. The topological polar surface area (TPSA) is 82.5 Å². The Kier molecular flexibility index (Phi) is 5.49. The van der Waals surface area contributed by atoms with Crippen molar-refractivity contribution in [3.8, 4) is 0 Å². The maximum Gasteiger partial charge on any atom is 0.317 e. The SMILES string of the molecule is CN(CCc1ccccn1)C(=O)NC(C)(C)CC(=O)O. The molecule has 0 atom stereocenters. The molecule has 0 bridgehead atoms. The maximum atomic E-state index is 12.0. The molecule has 0 unspecified atom stereocenters. The number of nitrogens with zero attached hydrogens (tertiary/aromatic N) is 2. The predicted octanol–water partition coefficient (Wildman–Crippen LogP) is 1.52. The van der Waals surface area contributed by atoms with Crippen LogP contribution < -0.4 is 5.32 Å². The molecule has 1 aromatic rings. The maximum absolute atomic E-state index is 12.0. The van der Waals surface area contributed by atoms with Crippen molar-refractivity contribution in [2.75, 3.05) is 13.6 Å². The van der Waals surface area contributed by atoms with Crippen molar-refractivity contribution in [3.63, 3.8) is 0 Å². The lowest BCUT2D eigenvalue weighted by atomic mass is 10.0. The number of hydrogen-bond donors (Lipinski definition) is 2. The molecule has 0 radical (unpaired) electrons. The van der Waals surface area contributed by atoms with E-state index in [-0.39, 0.29) is 12.5 Å². The van der Waals surface area contributed by atoms with E-state index in [2.05, 4.69) is 10.3 Å². The third-order valence-electron chi connectivity index (χ3n) is 2.81. The highest BCUT2D eigenvalue weighted by atomic mass is 16.4. The smallest absolute Gasteiger partial charge is 0.317 e. The van der Waals surface area contributed by atoms with Crippen molar-refractivity contribution < 1.29 is 14.7 Å². The van der Waals surface area contributed by atoms with Crippen LogP contribution in [0.15, 0.2) is 24.4 Å². The first kappa shape index (κ1) is 15.9. The van der Waals surface area contributed by atoms with Crippen LogP contribution in [0.25, 0.3) is 0 Å². The van der Waals surface area contributed by atoms with Gasteiger partial charge in [-0.15, -0.1) is 0 Å². The van der Waals surface area contributed by atoms with Crippen molar-refractivity contribution in [2.24, 2.45) is 0 Å². The van der Waals surface area contributed by atoms with E-state index in [0.717, 1.165) is 5.69 Å². The normalized spacial score (nSPS) is 10.9. The van der Waals surface area contributed by atoms with Crippen LogP contribution >= 0.6 is 0 Å². The Bertz CT molecular complexity index is 460. The first-order valence-corrected chi connectivity index (χ1v) is 6.45. The molecule has 1 aromatic heterocycles. The summed E-state index contributed by atoms with van der Waals surface area (Å²) in [6.07, 6.45) is 2.25. The number of urea groups is 1. The molecule has 0 aromatic carbocycles. The van der Waals surface area contributed by atoms with Gasteiger partial charge in [-0.2, -0.15) is 0 Å². The van der Waals surface area contributed by atoms with Crippen LogP contribution in [0.2, 0.25) is 0 Å².